The molecule has 1 saturated heterocycles. The van der Waals surface area contributed by atoms with Crippen LogP contribution in [0.5, 0.6) is 0 Å². The second kappa shape index (κ2) is 4.05. The van der Waals surface area contributed by atoms with Crippen molar-refractivity contribution in [2.24, 2.45) is 5.92 Å². The standard InChI is InChI=1S/C14H15FN2O2/c1-7-3-8(2)17(6-7)12-5-11-9(4-10(12)15)13(18)14(19)16-11/h4-5,7-8H,3,6H2,1-2H3,(H,16,18,19). The lowest BCUT2D eigenvalue weighted by Gasteiger charge is -2.24. The zero-order valence-electron chi connectivity index (χ0n) is 10.9. The van der Waals surface area contributed by atoms with Crippen LogP contribution < -0.4 is 10.2 Å². The molecule has 5 heteroatoms. The molecule has 1 aromatic carbocycles. The Morgan fingerprint density at radius 2 is 2.05 bits per heavy atom. The van der Waals surface area contributed by atoms with Crippen molar-refractivity contribution < 1.29 is 14.0 Å². The van der Waals surface area contributed by atoms with Gasteiger partial charge in [-0.15, -0.1) is 0 Å². The molecule has 100 valence electrons. The van der Waals surface area contributed by atoms with Crippen molar-refractivity contribution in [1.82, 2.24) is 0 Å². The van der Waals surface area contributed by atoms with E-state index in [0.29, 0.717) is 17.3 Å². The minimum absolute atomic E-state index is 0.131. The zero-order valence-corrected chi connectivity index (χ0v) is 10.9. The lowest BCUT2D eigenvalue weighted by molar-refractivity contribution is -0.112. The maximum atomic E-state index is 14.2. The smallest absolute Gasteiger partial charge is 0.296 e. The summed E-state index contributed by atoms with van der Waals surface area (Å²) in [6, 6.07) is 3.00. The normalized spacial score (nSPS) is 25.7. The van der Waals surface area contributed by atoms with E-state index in [0.717, 1.165) is 13.0 Å². The number of amides is 1. The quantitative estimate of drug-likeness (QED) is 0.789. The molecule has 0 saturated carbocycles. The molecule has 0 bridgehead atoms. The van der Waals surface area contributed by atoms with Gasteiger partial charge in [-0.05, 0) is 31.4 Å². The number of hydrogen-bond acceptors (Lipinski definition) is 3. The summed E-state index contributed by atoms with van der Waals surface area (Å²) in [5.41, 5.74) is 1.01. The predicted molar refractivity (Wildman–Crippen MR) is 69.9 cm³/mol. The molecule has 2 atom stereocenters. The van der Waals surface area contributed by atoms with Crippen LogP contribution >= 0.6 is 0 Å². The van der Waals surface area contributed by atoms with Crippen LogP contribution in [0.1, 0.15) is 30.6 Å². The highest BCUT2D eigenvalue weighted by atomic mass is 19.1. The Bertz CT molecular complexity index is 585. The second-order valence-corrected chi connectivity index (χ2v) is 5.47. The number of rotatable bonds is 1. The summed E-state index contributed by atoms with van der Waals surface area (Å²) < 4.78 is 14.2. The molecule has 4 nitrogen and oxygen atoms in total. The van der Waals surface area contributed by atoms with Gasteiger partial charge in [0.25, 0.3) is 11.7 Å². The highest BCUT2D eigenvalue weighted by Gasteiger charge is 2.33. The van der Waals surface area contributed by atoms with E-state index in [-0.39, 0.29) is 11.6 Å². The van der Waals surface area contributed by atoms with E-state index in [1.807, 2.05) is 4.90 Å². The Balaban J connectivity index is 2.03. The van der Waals surface area contributed by atoms with E-state index in [4.69, 9.17) is 0 Å². The Hall–Kier alpha value is -1.91. The van der Waals surface area contributed by atoms with E-state index >= 15 is 0 Å². The monoisotopic (exact) mass is 262 g/mol. The average Bonchev–Trinajstić information content (AvgIpc) is 2.81. The van der Waals surface area contributed by atoms with Crippen LogP contribution in [-0.4, -0.2) is 24.3 Å². The number of ketones is 1. The largest absolute Gasteiger partial charge is 0.366 e. The minimum atomic E-state index is -0.686. The van der Waals surface area contributed by atoms with Gasteiger partial charge in [0.15, 0.2) is 0 Å². The SMILES string of the molecule is CC1CC(C)N(c2cc3c(cc2F)C(=O)C(=O)N3)C1. The number of Topliss-reactive ketones (excluding diaryl/α,β-unsaturated/α-hetero) is 1. The van der Waals surface area contributed by atoms with Crippen LogP contribution in [0, 0.1) is 11.7 Å². The summed E-state index contributed by atoms with van der Waals surface area (Å²) in [4.78, 5) is 24.8. The molecule has 1 amide bonds. The van der Waals surface area contributed by atoms with Crippen LogP contribution in [0.3, 0.4) is 0 Å². The van der Waals surface area contributed by atoms with Gasteiger partial charge in [-0.1, -0.05) is 6.92 Å². The summed E-state index contributed by atoms with van der Waals surface area (Å²) in [6.07, 6.45) is 1.02. The van der Waals surface area contributed by atoms with Gasteiger partial charge in [0.05, 0.1) is 16.9 Å². The molecule has 1 N–H and O–H groups in total. The number of benzene rings is 1. The average molecular weight is 262 g/mol. The van der Waals surface area contributed by atoms with E-state index < -0.39 is 17.5 Å². The van der Waals surface area contributed by atoms with Gasteiger partial charge in [0.1, 0.15) is 5.82 Å². The first-order valence-corrected chi connectivity index (χ1v) is 6.43. The van der Waals surface area contributed by atoms with E-state index in [2.05, 4.69) is 19.2 Å². The second-order valence-electron chi connectivity index (χ2n) is 5.47. The third-order valence-corrected chi connectivity index (χ3v) is 3.88. The lowest BCUT2D eigenvalue weighted by Crippen LogP contribution is -2.27. The van der Waals surface area contributed by atoms with Gasteiger partial charge in [-0.2, -0.15) is 0 Å². The van der Waals surface area contributed by atoms with Gasteiger partial charge < -0.3 is 10.2 Å². The van der Waals surface area contributed by atoms with E-state index in [9.17, 15) is 14.0 Å². The highest BCUT2D eigenvalue weighted by Crippen LogP contribution is 2.35. The van der Waals surface area contributed by atoms with Crippen LogP contribution in [0.25, 0.3) is 0 Å². The van der Waals surface area contributed by atoms with Gasteiger partial charge in [-0.3, -0.25) is 9.59 Å². The Morgan fingerprint density at radius 3 is 2.68 bits per heavy atom. The molecule has 1 aromatic rings. The summed E-state index contributed by atoms with van der Waals surface area (Å²) in [5, 5.41) is 2.48. The molecule has 0 aliphatic carbocycles. The summed E-state index contributed by atoms with van der Waals surface area (Å²) in [5.74, 6) is -1.28. The predicted octanol–water partition coefficient (Wildman–Crippen LogP) is 2.20. The van der Waals surface area contributed by atoms with Crippen molar-refractivity contribution >= 4 is 23.1 Å². The first-order chi connectivity index (χ1) is 8.97. The number of carbonyl (C=O) groups excluding carboxylic acids is 2. The molecule has 0 aromatic heterocycles. The van der Waals surface area contributed by atoms with Crippen LogP contribution in [0.15, 0.2) is 12.1 Å². The summed E-state index contributed by atoms with van der Waals surface area (Å²) >= 11 is 0. The number of fused-ring (bicyclic) bond motifs is 1. The minimum Gasteiger partial charge on any atom is -0.366 e. The van der Waals surface area contributed by atoms with Crippen molar-refractivity contribution in [3.63, 3.8) is 0 Å². The van der Waals surface area contributed by atoms with Crippen molar-refractivity contribution in [2.45, 2.75) is 26.3 Å². The number of carbonyl (C=O) groups is 2. The van der Waals surface area contributed by atoms with E-state index in [1.54, 1.807) is 6.07 Å². The molecule has 2 aliphatic heterocycles. The van der Waals surface area contributed by atoms with Gasteiger partial charge >= 0.3 is 0 Å². The lowest BCUT2D eigenvalue weighted by atomic mass is 10.1. The van der Waals surface area contributed by atoms with Crippen molar-refractivity contribution in [3.8, 4) is 0 Å². The maximum absolute atomic E-state index is 14.2. The van der Waals surface area contributed by atoms with Crippen molar-refractivity contribution in [1.29, 1.82) is 0 Å². The first kappa shape index (κ1) is 12.1. The van der Waals surface area contributed by atoms with E-state index in [1.165, 1.54) is 6.07 Å². The van der Waals surface area contributed by atoms with Crippen molar-refractivity contribution in [3.05, 3.63) is 23.5 Å². The van der Waals surface area contributed by atoms with Crippen LogP contribution in [-0.2, 0) is 4.79 Å². The number of nitrogens with zero attached hydrogens (tertiary/aromatic N) is 1. The van der Waals surface area contributed by atoms with Crippen molar-refractivity contribution in [2.75, 3.05) is 16.8 Å². The zero-order chi connectivity index (χ0) is 13.7. The fraction of sp³-hybridized carbons (Fsp3) is 0.429. The van der Waals surface area contributed by atoms with Gasteiger partial charge in [-0.25, -0.2) is 4.39 Å². The van der Waals surface area contributed by atoms with Crippen LogP contribution in [0.2, 0.25) is 0 Å². The summed E-state index contributed by atoms with van der Waals surface area (Å²) in [7, 11) is 0. The Morgan fingerprint density at radius 1 is 1.32 bits per heavy atom. The molecule has 2 heterocycles. The first-order valence-electron chi connectivity index (χ1n) is 6.43. The molecule has 3 rings (SSSR count). The fourth-order valence-electron chi connectivity index (χ4n) is 3.01. The Kier molecular flexibility index (Phi) is 2.59. The molecular weight excluding hydrogens is 247 g/mol. The molecule has 0 radical (unpaired) electrons. The number of hydrogen-bond donors (Lipinski definition) is 1. The molecule has 2 unspecified atom stereocenters. The maximum Gasteiger partial charge on any atom is 0.296 e. The molecule has 2 aliphatic rings. The molecular formula is C14H15FN2O2. The number of nitrogens with one attached hydrogen (secondary N) is 1. The van der Waals surface area contributed by atoms with Gasteiger partial charge in [0, 0.05) is 12.6 Å². The molecule has 19 heavy (non-hydrogen) atoms. The molecule has 1 fully saturated rings. The summed E-state index contributed by atoms with van der Waals surface area (Å²) in [6.45, 7) is 4.98. The third-order valence-electron chi connectivity index (χ3n) is 3.88. The number of halogens is 1. The molecule has 0 spiro atoms. The number of anilines is 2. The highest BCUT2D eigenvalue weighted by molar-refractivity contribution is 6.51. The van der Waals surface area contributed by atoms with Crippen LogP contribution in [0.4, 0.5) is 15.8 Å². The third kappa shape index (κ3) is 1.80. The Labute approximate surface area is 110 Å². The topological polar surface area (TPSA) is 49.4 Å². The van der Waals surface area contributed by atoms with Gasteiger partial charge in [0.2, 0.25) is 0 Å². The fourth-order valence-corrected chi connectivity index (χ4v) is 3.01.